The van der Waals surface area contributed by atoms with Crippen molar-refractivity contribution in [1.82, 2.24) is 30.5 Å². The number of ether oxygens (including phenoxy) is 1. The van der Waals surface area contributed by atoms with Crippen molar-refractivity contribution in [3.8, 4) is 5.75 Å². The summed E-state index contributed by atoms with van der Waals surface area (Å²) in [5, 5.41) is 14.3. The summed E-state index contributed by atoms with van der Waals surface area (Å²) in [6, 6.07) is 17.3. The van der Waals surface area contributed by atoms with E-state index in [9.17, 15) is 9.59 Å². The molecule has 2 heterocycles. The van der Waals surface area contributed by atoms with Crippen LogP contribution in [0.25, 0.3) is 0 Å². The van der Waals surface area contributed by atoms with E-state index in [1.165, 1.54) is 0 Å². The van der Waals surface area contributed by atoms with Crippen LogP contribution in [0.15, 0.2) is 54.6 Å². The van der Waals surface area contributed by atoms with Gasteiger partial charge in [-0.05, 0) is 23.3 Å². The van der Waals surface area contributed by atoms with Crippen LogP contribution in [0.5, 0.6) is 5.75 Å². The summed E-state index contributed by atoms with van der Waals surface area (Å²) in [7, 11) is 1.62. The fourth-order valence-corrected chi connectivity index (χ4v) is 3.71. The predicted molar refractivity (Wildman–Crippen MR) is 122 cm³/mol. The highest BCUT2D eigenvalue weighted by atomic mass is 16.5. The minimum Gasteiger partial charge on any atom is -0.497 e. The van der Waals surface area contributed by atoms with E-state index in [2.05, 4.69) is 20.9 Å². The average molecular weight is 449 g/mol. The van der Waals surface area contributed by atoms with E-state index in [0.717, 1.165) is 28.3 Å². The van der Waals surface area contributed by atoms with Gasteiger partial charge in [-0.25, -0.2) is 9.48 Å². The van der Waals surface area contributed by atoms with E-state index in [4.69, 9.17) is 4.74 Å². The Morgan fingerprint density at radius 1 is 0.970 bits per heavy atom. The monoisotopic (exact) mass is 448 g/mol. The molecule has 0 atom stereocenters. The van der Waals surface area contributed by atoms with E-state index in [0.29, 0.717) is 45.6 Å². The van der Waals surface area contributed by atoms with Crippen LogP contribution in [0, 0.1) is 0 Å². The van der Waals surface area contributed by atoms with E-state index in [1.54, 1.807) is 12.0 Å². The highest BCUT2D eigenvalue weighted by molar-refractivity contribution is 5.76. The van der Waals surface area contributed by atoms with E-state index in [1.807, 2.05) is 59.3 Å². The van der Waals surface area contributed by atoms with Crippen molar-refractivity contribution in [1.29, 1.82) is 0 Å². The molecule has 4 rings (SSSR count). The standard InChI is InChI=1S/C24H28N6O3/c1-33-20-9-7-19(8-10-20)16-26-24(32)29-13-14-30-22(17-29)21(27-28-30)11-12-23(31)25-15-18-5-3-2-4-6-18/h2-10H,11-17H2,1H3,(H,25,31)(H,26,32). The fourth-order valence-electron chi connectivity index (χ4n) is 3.71. The molecule has 2 aromatic carbocycles. The lowest BCUT2D eigenvalue weighted by Crippen LogP contribution is -2.44. The van der Waals surface area contributed by atoms with Gasteiger partial charge in [0.25, 0.3) is 0 Å². The number of fused-ring (bicyclic) bond motifs is 1. The summed E-state index contributed by atoms with van der Waals surface area (Å²) >= 11 is 0. The molecule has 0 spiro atoms. The Labute approximate surface area is 192 Å². The van der Waals surface area contributed by atoms with Crippen LogP contribution in [0.2, 0.25) is 0 Å². The number of aromatic nitrogens is 3. The second kappa shape index (κ2) is 10.6. The van der Waals surface area contributed by atoms with Crippen LogP contribution in [0.4, 0.5) is 4.79 Å². The minimum atomic E-state index is -0.134. The Balaban J connectivity index is 1.27. The third-order valence-corrected chi connectivity index (χ3v) is 5.65. The summed E-state index contributed by atoms with van der Waals surface area (Å²) in [5.74, 6) is 0.744. The van der Waals surface area contributed by atoms with Gasteiger partial charge < -0.3 is 20.3 Å². The number of methoxy groups -OCH3 is 1. The summed E-state index contributed by atoms with van der Waals surface area (Å²) in [4.78, 5) is 26.7. The zero-order valence-electron chi connectivity index (χ0n) is 18.7. The number of nitrogens with zero attached hydrogens (tertiary/aromatic N) is 4. The number of hydrogen-bond donors (Lipinski definition) is 2. The third-order valence-electron chi connectivity index (χ3n) is 5.65. The summed E-state index contributed by atoms with van der Waals surface area (Å²) in [5.41, 5.74) is 3.70. The first-order valence-electron chi connectivity index (χ1n) is 11.0. The van der Waals surface area contributed by atoms with Crippen molar-refractivity contribution in [2.75, 3.05) is 13.7 Å². The van der Waals surface area contributed by atoms with Crippen molar-refractivity contribution >= 4 is 11.9 Å². The predicted octanol–water partition coefficient (Wildman–Crippen LogP) is 2.26. The third kappa shape index (κ3) is 5.88. The molecular formula is C24H28N6O3. The maximum atomic E-state index is 12.7. The first-order chi connectivity index (χ1) is 16.1. The maximum Gasteiger partial charge on any atom is 0.318 e. The molecule has 0 fully saturated rings. The number of rotatable bonds is 8. The number of carbonyl (C=O) groups excluding carboxylic acids is 2. The zero-order valence-corrected chi connectivity index (χ0v) is 18.7. The van der Waals surface area contributed by atoms with Gasteiger partial charge in [0.1, 0.15) is 5.75 Å². The Morgan fingerprint density at radius 2 is 1.70 bits per heavy atom. The number of carbonyl (C=O) groups is 2. The smallest absolute Gasteiger partial charge is 0.318 e. The van der Waals surface area contributed by atoms with Gasteiger partial charge in [-0.3, -0.25) is 4.79 Å². The summed E-state index contributed by atoms with van der Waals surface area (Å²) < 4.78 is 6.98. The van der Waals surface area contributed by atoms with E-state index in [-0.39, 0.29) is 11.9 Å². The highest BCUT2D eigenvalue weighted by Crippen LogP contribution is 2.17. The highest BCUT2D eigenvalue weighted by Gasteiger charge is 2.25. The molecule has 0 bridgehead atoms. The topological polar surface area (TPSA) is 101 Å². The molecule has 1 aliphatic rings. The van der Waals surface area contributed by atoms with Crippen LogP contribution < -0.4 is 15.4 Å². The van der Waals surface area contributed by atoms with Gasteiger partial charge in [0.15, 0.2) is 0 Å². The van der Waals surface area contributed by atoms with Crippen molar-refractivity contribution < 1.29 is 14.3 Å². The van der Waals surface area contributed by atoms with Gasteiger partial charge in [-0.2, -0.15) is 0 Å². The first kappa shape index (κ1) is 22.3. The van der Waals surface area contributed by atoms with Crippen LogP contribution in [0.3, 0.4) is 0 Å². The molecule has 3 amide bonds. The minimum absolute atomic E-state index is 0.0366. The quantitative estimate of drug-likeness (QED) is 0.551. The number of urea groups is 1. The molecule has 0 saturated carbocycles. The largest absolute Gasteiger partial charge is 0.497 e. The maximum absolute atomic E-state index is 12.7. The van der Waals surface area contributed by atoms with E-state index < -0.39 is 0 Å². The number of benzene rings is 2. The Kier molecular flexibility index (Phi) is 7.19. The van der Waals surface area contributed by atoms with Gasteiger partial charge >= 0.3 is 6.03 Å². The molecule has 3 aromatic rings. The number of aryl methyl sites for hydroxylation is 1. The Morgan fingerprint density at radius 3 is 2.45 bits per heavy atom. The lowest BCUT2D eigenvalue weighted by molar-refractivity contribution is -0.121. The zero-order chi connectivity index (χ0) is 23.0. The molecule has 2 N–H and O–H groups in total. The van der Waals surface area contributed by atoms with Crippen molar-refractivity contribution in [2.24, 2.45) is 0 Å². The first-order valence-corrected chi connectivity index (χ1v) is 11.0. The van der Waals surface area contributed by atoms with Crippen LogP contribution in [-0.4, -0.2) is 45.5 Å². The molecule has 0 unspecified atom stereocenters. The fraction of sp³-hybridized carbons (Fsp3) is 0.333. The summed E-state index contributed by atoms with van der Waals surface area (Å²) in [6.45, 7) is 2.50. The molecule has 172 valence electrons. The van der Waals surface area contributed by atoms with Crippen LogP contribution >= 0.6 is 0 Å². The molecule has 1 aromatic heterocycles. The van der Waals surface area contributed by atoms with Crippen LogP contribution in [-0.2, 0) is 37.4 Å². The Hall–Kier alpha value is -3.88. The summed E-state index contributed by atoms with van der Waals surface area (Å²) in [6.07, 6.45) is 0.805. The van der Waals surface area contributed by atoms with Gasteiger partial charge in [-0.1, -0.05) is 47.7 Å². The normalized spacial score (nSPS) is 12.7. The SMILES string of the molecule is COc1ccc(CNC(=O)N2CCn3nnc(CCC(=O)NCc4ccccc4)c3C2)cc1. The van der Waals surface area contributed by atoms with Crippen molar-refractivity contribution in [3.63, 3.8) is 0 Å². The lowest BCUT2D eigenvalue weighted by Gasteiger charge is -2.28. The number of nitrogens with one attached hydrogen (secondary N) is 2. The van der Waals surface area contributed by atoms with Crippen molar-refractivity contribution in [3.05, 3.63) is 77.1 Å². The molecule has 0 saturated heterocycles. The molecule has 0 aliphatic carbocycles. The molecular weight excluding hydrogens is 420 g/mol. The second-order valence-electron chi connectivity index (χ2n) is 7.90. The molecule has 0 radical (unpaired) electrons. The van der Waals surface area contributed by atoms with Gasteiger partial charge in [0.05, 0.1) is 31.6 Å². The van der Waals surface area contributed by atoms with Crippen LogP contribution in [0.1, 0.15) is 28.9 Å². The molecule has 1 aliphatic heterocycles. The van der Waals surface area contributed by atoms with E-state index >= 15 is 0 Å². The average Bonchev–Trinajstić information content (AvgIpc) is 3.28. The number of hydrogen-bond acceptors (Lipinski definition) is 5. The number of amides is 3. The molecule has 9 heteroatoms. The Bertz CT molecular complexity index is 1080. The van der Waals surface area contributed by atoms with Crippen molar-refractivity contribution in [2.45, 2.75) is 39.0 Å². The van der Waals surface area contributed by atoms with Gasteiger partial charge in [-0.15, -0.1) is 5.10 Å². The molecule has 9 nitrogen and oxygen atoms in total. The lowest BCUT2D eigenvalue weighted by atomic mass is 10.1. The van der Waals surface area contributed by atoms with Gasteiger partial charge in [0, 0.05) is 32.5 Å². The second-order valence-corrected chi connectivity index (χ2v) is 7.90. The van der Waals surface area contributed by atoms with Gasteiger partial charge in [0.2, 0.25) is 5.91 Å². The molecule has 33 heavy (non-hydrogen) atoms.